The molecule has 0 spiro atoms. The molecule has 0 saturated carbocycles. The Labute approximate surface area is 407 Å². The van der Waals surface area contributed by atoms with Crippen LogP contribution in [0.1, 0.15) is 39.5 Å². The molecule has 3 aromatic rings. The Bertz CT molecular complexity index is 2740. The van der Waals surface area contributed by atoms with Gasteiger partial charge >= 0.3 is 19.6 Å². The highest BCUT2D eigenvalue weighted by atomic mass is 79.9. The minimum Gasteiger partial charge on any atom is -0.537 e. The smallest absolute Gasteiger partial charge is 0.537 e. The number of aryl methyl sites for hydroxylation is 1. The summed E-state index contributed by atoms with van der Waals surface area (Å²) in [5.74, 6) is -4.60. The lowest BCUT2D eigenvalue weighted by Crippen LogP contribution is -2.29. The maximum atomic E-state index is 12.8. The van der Waals surface area contributed by atoms with E-state index in [1.54, 1.807) is 20.8 Å². The van der Waals surface area contributed by atoms with Gasteiger partial charge in [-0.1, -0.05) is 19.6 Å². The number of hydrogen-bond donors (Lipinski definition) is 7. The number of aliphatic hydroxyl groups is 3. The number of allylic oxidation sites excluding steroid dienone is 3. The fourth-order valence-electron chi connectivity index (χ4n) is 5.14. The molecule has 2 aromatic carbocycles. The summed E-state index contributed by atoms with van der Waals surface area (Å²) in [6.07, 6.45) is 3.61. The monoisotopic (exact) mass is 1040 g/mol. The second-order valence-electron chi connectivity index (χ2n) is 14.0. The van der Waals surface area contributed by atoms with Crippen LogP contribution in [0.25, 0.3) is 5.57 Å². The van der Waals surface area contributed by atoms with E-state index in [0.717, 1.165) is 23.5 Å². The number of carboxylic acid groups (broad SMARTS) is 2. The van der Waals surface area contributed by atoms with Crippen LogP contribution in [0.15, 0.2) is 129 Å². The van der Waals surface area contributed by atoms with Gasteiger partial charge in [0.1, 0.15) is 53.1 Å². The number of aromatic hydroxyl groups is 1. The number of ketones is 4. The van der Waals surface area contributed by atoms with Crippen LogP contribution in [0.3, 0.4) is 0 Å². The number of carboxylic acids is 2. The summed E-state index contributed by atoms with van der Waals surface area (Å²) in [6.45, 7) is 7.35. The number of aliphatic hydroxyl groups excluding tert-OH is 3. The number of nitrogens with zero attached hydrogens (tertiary/aromatic N) is 4. The van der Waals surface area contributed by atoms with Gasteiger partial charge in [0.2, 0.25) is 22.8 Å². The molecule has 0 amide bonds. The maximum Gasteiger partial charge on any atom is 0.569 e. The van der Waals surface area contributed by atoms with Crippen molar-refractivity contribution in [2.24, 2.45) is 20.0 Å². The largest absolute Gasteiger partial charge is 0.569 e. The number of rotatable bonds is 7. The van der Waals surface area contributed by atoms with Gasteiger partial charge in [0.05, 0.1) is 37.3 Å². The van der Waals surface area contributed by atoms with Crippen LogP contribution in [0.4, 0.5) is 8.78 Å². The summed E-state index contributed by atoms with van der Waals surface area (Å²) < 4.78 is 34.6. The van der Waals surface area contributed by atoms with Gasteiger partial charge in [0.15, 0.2) is 23.0 Å². The molecule has 0 atom stereocenters. The van der Waals surface area contributed by atoms with Gasteiger partial charge in [-0.3, -0.25) is 43.9 Å². The van der Waals surface area contributed by atoms with Crippen LogP contribution in [0.2, 0.25) is 0 Å². The van der Waals surface area contributed by atoms with Gasteiger partial charge in [-0.2, -0.15) is 0 Å². The lowest BCUT2D eigenvalue weighted by molar-refractivity contribution is -0.131. The first-order valence-corrected chi connectivity index (χ1v) is 20.4. The van der Waals surface area contributed by atoms with E-state index in [9.17, 15) is 42.3 Å². The van der Waals surface area contributed by atoms with Gasteiger partial charge in [0, 0.05) is 17.7 Å². The average Bonchev–Trinajstić information content (AvgIpc) is 3.29. The van der Waals surface area contributed by atoms with Crippen molar-refractivity contribution in [1.82, 2.24) is 0 Å². The van der Waals surface area contributed by atoms with Crippen LogP contribution in [-0.2, 0) is 28.8 Å². The Hall–Kier alpha value is -7.67. The third kappa shape index (κ3) is 19.5. The Morgan fingerprint density at radius 3 is 1.71 bits per heavy atom. The van der Waals surface area contributed by atoms with Crippen LogP contribution in [0, 0.1) is 18.6 Å². The molecule has 20 nitrogen and oxygen atoms in total. The van der Waals surface area contributed by atoms with Gasteiger partial charge in [0.25, 0.3) is 0 Å². The molecule has 0 saturated heterocycles. The van der Waals surface area contributed by atoms with Gasteiger partial charge < -0.3 is 44.7 Å². The second-order valence-corrected chi connectivity index (χ2v) is 14.8. The van der Waals surface area contributed by atoms with Crippen molar-refractivity contribution in [1.29, 1.82) is 0 Å². The van der Waals surface area contributed by atoms with Crippen LogP contribution in [-0.4, -0.2) is 141 Å². The summed E-state index contributed by atoms with van der Waals surface area (Å²) in [5.41, 5.74) is 2.36. The first-order chi connectivity index (χ1) is 32.5. The van der Waals surface area contributed by atoms with Gasteiger partial charge in [-0.25, -0.2) is 18.4 Å². The number of benzene rings is 2. The van der Waals surface area contributed by atoms with Crippen molar-refractivity contribution in [2.45, 2.75) is 35.1 Å². The zero-order valence-electron chi connectivity index (χ0n) is 37.0. The molecular weight excluding hydrogens is 993 g/mol. The predicted octanol–water partition coefficient (Wildman–Crippen LogP) is 3.89. The highest BCUT2D eigenvalue weighted by molar-refractivity contribution is 9.12. The van der Waals surface area contributed by atoms with Crippen LogP contribution >= 0.6 is 15.9 Å². The molecule has 70 heavy (non-hydrogen) atoms. The molecule has 24 heteroatoms. The van der Waals surface area contributed by atoms with Crippen LogP contribution < -0.4 is 10.1 Å². The zero-order chi connectivity index (χ0) is 52.0. The zero-order valence-corrected chi connectivity index (χ0v) is 38.6. The predicted molar refractivity (Wildman–Crippen MR) is 257 cm³/mol. The number of carbonyl (C=O) groups is 6. The van der Waals surface area contributed by atoms with E-state index in [4.69, 9.17) is 35.7 Å². The van der Waals surface area contributed by atoms with Crippen molar-refractivity contribution in [2.75, 3.05) is 39.4 Å². The number of halogens is 3. The lowest BCUT2D eigenvalue weighted by Gasteiger charge is -2.15. The average molecular weight is 1040 g/mol. The third-order valence-corrected chi connectivity index (χ3v) is 9.63. The minimum atomic E-state index is -1.34. The molecule has 371 valence electrons. The summed E-state index contributed by atoms with van der Waals surface area (Å²) in [5, 5.41) is 60.1. The molecule has 5 heterocycles. The number of aliphatic imine (C=N–C) groups is 4. The Balaban J connectivity index is 0.000000427. The fraction of sp³-hybridized carbons (Fsp3) is 0.239. The third-order valence-electron chi connectivity index (χ3n) is 8.59. The summed E-state index contributed by atoms with van der Waals surface area (Å²) in [6, 6.07) is 11.9. The standard InChI is InChI=1S/C13H10FNO3.C7H6BrNO3.C7H9NO2.C6H5BFO2.C6H7NO3.C6H6O3.CH4/c1-7-6-15-11(13(17)18)12(16)10(7)8-2-4-9(14)5-3-8;1-3-2-9-5(7(11)12)6(10)4(3)8;1-5-2-7(10)6(4-9)8-3-5;8-5-1-3-6(4-2-5)10-7-9;8-3-5-6(10)1-4(9)2-7-5;1-4-2-5(7)6(8)3-9-4;/h2-5H,6H2,1H3,(H,17,18);2H2,1H3,(H,11,12);2,9H,3-4H2,1H3;1-4,9H;1,8,10H,2-3H2;2-3,8H,1H3;1H4. The van der Waals surface area contributed by atoms with Gasteiger partial charge in [-0.05, 0) is 108 Å². The Morgan fingerprint density at radius 2 is 1.24 bits per heavy atom. The van der Waals surface area contributed by atoms with Crippen LogP contribution in [0.5, 0.6) is 11.5 Å². The topological polar surface area (TPSA) is 333 Å². The van der Waals surface area contributed by atoms with E-state index in [1.165, 1.54) is 60.7 Å². The highest BCUT2D eigenvalue weighted by Crippen LogP contribution is 2.24. The van der Waals surface area contributed by atoms with Crippen molar-refractivity contribution in [3.05, 3.63) is 133 Å². The molecule has 4 aliphatic rings. The van der Waals surface area contributed by atoms with E-state index < -0.39 is 46.2 Å². The first-order valence-electron chi connectivity index (χ1n) is 19.6. The summed E-state index contributed by atoms with van der Waals surface area (Å²) in [7, 11) is 0.549. The van der Waals surface area contributed by atoms with E-state index in [-0.39, 0.29) is 80.6 Å². The van der Waals surface area contributed by atoms with E-state index in [0.29, 0.717) is 46.9 Å². The van der Waals surface area contributed by atoms with Crippen molar-refractivity contribution in [3.8, 4) is 11.5 Å². The van der Waals surface area contributed by atoms with Crippen molar-refractivity contribution in [3.63, 3.8) is 0 Å². The van der Waals surface area contributed by atoms with E-state index in [2.05, 4.69) is 45.0 Å². The van der Waals surface area contributed by atoms with Crippen molar-refractivity contribution >= 4 is 87.1 Å². The summed E-state index contributed by atoms with van der Waals surface area (Å²) in [4.78, 5) is 91.2. The molecule has 4 aliphatic heterocycles. The number of dihydropyridines is 4. The number of Topliss-reactive ketones (excluding diaryl/α,β-unsaturated/α-hetero) is 2. The highest BCUT2D eigenvalue weighted by Gasteiger charge is 2.29. The quantitative estimate of drug-likeness (QED) is 0.165. The van der Waals surface area contributed by atoms with Crippen molar-refractivity contribution < 1.29 is 82.3 Å². The molecule has 1 aromatic heterocycles. The molecule has 1 radical (unpaired) electrons. The molecule has 0 bridgehead atoms. The van der Waals surface area contributed by atoms with E-state index in [1.807, 2.05) is 6.92 Å². The molecular formula is C46H47BBrF2N4O16. The fourth-order valence-corrected chi connectivity index (χ4v) is 5.45. The normalized spacial score (nSPS) is 14.8. The lowest BCUT2D eigenvalue weighted by atomic mass is 9.92. The molecule has 7 rings (SSSR count). The SMILES string of the molecule is C.CC1=C(Br)C(=O)C(C(=O)O)=NC1.CC1=C(c2ccc(F)cc2)C(=O)C(C(=O)O)=NC1.CC1=CC(=O)C(CO)=NC1.Cc1cc(=O)c(O)co1.O=C1C=C(O)C(CO)=NC1.O[B]Oc1ccc(F)cc1. The molecule has 0 unspecified atom stereocenters. The minimum absolute atomic E-state index is 0. The van der Waals surface area contributed by atoms with Gasteiger partial charge in [-0.15, -0.1) is 0 Å². The second kappa shape index (κ2) is 30.0. The number of aliphatic carboxylic acids is 2. The number of carbonyl (C=O) groups excluding carboxylic acids is 4. The summed E-state index contributed by atoms with van der Waals surface area (Å²) >= 11 is 3.01. The number of hydrogen-bond acceptors (Lipinski definition) is 18. The molecule has 7 N–H and O–H groups in total. The Morgan fingerprint density at radius 1 is 0.729 bits per heavy atom. The van der Waals surface area contributed by atoms with E-state index >= 15 is 0 Å². The maximum absolute atomic E-state index is 12.8. The first kappa shape index (κ1) is 60.4. The molecule has 0 fully saturated rings. The Kier molecular flexibility index (Phi) is 25.8. The molecule has 0 aliphatic carbocycles.